The van der Waals surface area contributed by atoms with E-state index in [-0.39, 0.29) is 45.9 Å². The standard InChI is InChI=1S/C29H17Cl2F3N4O4/c30-21-10-9-19(23(31)14-21)16-42-26-11-8-17(12-25(26)38(40)41)15-35-37-27(18-4-3-5-20(13-18)29(32,33)34)36-24-7-2-1-6-22(24)28(37)39/h1-15H,16H2. The summed E-state index contributed by atoms with van der Waals surface area (Å²) in [4.78, 5) is 28.9. The minimum Gasteiger partial charge on any atom is -0.482 e. The summed E-state index contributed by atoms with van der Waals surface area (Å²) >= 11 is 12.1. The van der Waals surface area contributed by atoms with Crippen molar-refractivity contribution in [2.45, 2.75) is 12.8 Å². The van der Waals surface area contributed by atoms with Crippen molar-refractivity contribution in [2.24, 2.45) is 5.10 Å². The maximum absolute atomic E-state index is 13.4. The number of para-hydroxylation sites is 1. The molecule has 13 heteroatoms. The van der Waals surface area contributed by atoms with Gasteiger partial charge in [0.1, 0.15) is 6.61 Å². The summed E-state index contributed by atoms with van der Waals surface area (Å²) in [6, 6.07) is 19.4. The fourth-order valence-corrected chi connectivity index (χ4v) is 4.51. The van der Waals surface area contributed by atoms with Gasteiger partial charge in [-0.05, 0) is 48.5 Å². The number of aromatic nitrogens is 2. The highest BCUT2D eigenvalue weighted by molar-refractivity contribution is 6.35. The van der Waals surface area contributed by atoms with Gasteiger partial charge in [-0.25, -0.2) is 4.98 Å². The van der Waals surface area contributed by atoms with Crippen molar-refractivity contribution in [3.05, 3.63) is 132 Å². The number of hydrogen-bond donors (Lipinski definition) is 0. The lowest BCUT2D eigenvalue weighted by Crippen LogP contribution is -2.20. The van der Waals surface area contributed by atoms with Crippen molar-refractivity contribution < 1.29 is 22.8 Å². The smallest absolute Gasteiger partial charge is 0.416 e. The Morgan fingerprint density at radius 1 is 1.00 bits per heavy atom. The molecule has 0 saturated heterocycles. The Hall–Kier alpha value is -4.74. The number of hydrogen-bond acceptors (Lipinski definition) is 6. The largest absolute Gasteiger partial charge is 0.482 e. The van der Waals surface area contributed by atoms with Crippen LogP contribution in [-0.2, 0) is 12.8 Å². The van der Waals surface area contributed by atoms with E-state index < -0.39 is 22.2 Å². The van der Waals surface area contributed by atoms with Crippen molar-refractivity contribution in [2.75, 3.05) is 0 Å². The molecule has 1 aromatic heterocycles. The molecule has 8 nitrogen and oxygen atoms in total. The van der Waals surface area contributed by atoms with Crippen LogP contribution < -0.4 is 10.3 Å². The number of halogens is 5. The van der Waals surface area contributed by atoms with Gasteiger partial charge in [-0.2, -0.15) is 22.9 Å². The molecule has 0 radical (unpaired) electrons. The van der Waals surface area contributed by atoms with Crippen molar-refractivity contribution in [3.63, 3.8) is 0 Å². The van der Waals surface area contributed by atoms with Gasteiger partial charge in [0.15, 0.2) is 11.6 Å². The van der Waals surface area contributed by atoms with Crippen LogP contribution in [0.4, 0.5) is 18.9 Å². The first-order valence-corrected chi connectivity index (χ1v) is 12.9. The van der Waals surface area contributed by atoms with E-state index in [1.54, 1.807) is 30.3 Å². The zero-order valence-electron chi connectivity index (χ0n) is 21.2. The molecule has 0 saturated carbocycles. The summed E-state index contributed by atoms with van der Waals surface area (Å²) in [7, 11) is 0. The van der Waals surface area contributed by atoms with Gasteiger partial charge in [-0.15, -0.1) is 0 Å². The van der Waals surface area contributed by atoms with E-state index in [0.29, 0.717) is 15.6 Å². The van der Waals surface area contributed by atoms with Gasteiger partial charge in [0.2, 0.25) is 0 Å². The molecule has 0 aliphatic heterocycles. The van der Waals surface area contributed by atoms with E-state index in [1.807, 2.05) is 0 Å². The number of nitro groups is 1. The lowest BCUT2D eigenvalue weighted by atomic mass is 10.1. The second-order valence-electron chi connectivity index (χ2n) is 8.90. The Balaban J connectivity index is 1.54. The van der Waals surface area contributed by atoms with Crippen LogP contribution in [0.2, 0.25) is 10.0 Å². The number of benzene rings is 4. The van der Waals surface area contributed by atoms with Gasteiger partial charge < -0.3 is 4.74 Å². The first-order chi connectivity index (χ1) is 20.0. The summed E-state index contributed by atoms with van der Waals surface area (Å²) in [6.45, 7) is -0.0667. The lowest BCUT2D eigenvalue weighted by Gasteiger charge is -2.12. The van der Waals surface area contributed by atoms with E-state index >= 15 is 0 Å². The fraction of sp³-hybridized carbons (Fsp3) is 0.0690. The average molecular weight is 613 g/mol. The van der Waals surface area contributed by atoms with Gasteiger partial charge in [0.25, 0.3) is 5.56 Å². The minimum atomic E-state index is -4.62. The Morgan fingerprint density at radius 3 is 2.52 bits per heavy atom. The van der Waals surface area contributed by atoms with E-state index in [0.717, 1.165) is 16.8 Å². The topological polar surface area (TPSA) is 99.6 Å². The number of rotatable bonds is 7. The van der Waals surface area contributed by atoms with E-state index in [4.69, 9.17) is 27.9 Å². The zero-order valence-corrected chi connectivity index (χ0v) is 22.7. The van der Waals surface area contributed by atoms with E-state index in [1.165, 1.54) is 48.7 Å². The minimum absolute atomic E-state index is 0.000386. The van der Waals surface area contributed by atoms with E-state index in [9.17, 15) is 28.1 Å². The van der Waals surface area contributed by atoms with Crippen molar-refractivity contribution >= 4 is 46.0 Å². The SMILES string of the molecule is O=c1c2ccccc2nc(-c2cccc(C(F)(F)F)c2)n1N=Cc1ccc(OCc2ccc(Cl)cc2Cl)c([N+](=O)[O-])c1. The second-order valence-corrected chi connectivity index (χ2v) is 9.74. The van der Waals surface area contributed by atoms with Crippen molar-refractivity contribution in [1.29, 1.82) is 0 Å². The molecule has 212 valence electrons. The predicted molar refractivity (Wildman–Crippen MR) is 153 cm³/mol. The third-order valence-corrected chi connectivity index (χ3v) is 6.69. The van der Waals surface area contributed by atoms with Crippen LogP contribution >= 0.6 is 23.2 Å². The summed E-state index contributed by atoms with van der Waals surface area (Å²) < 4.78 is 46.7. The first-order valence-electron chi connectivity index (χ1n) is 12.1. The fourth-order valence-electron chi connectivity index (χ4n) is 4.05. The lowest BCUT2D eigenvalue weighted by molar-refractivity contribution is -0.385. The summed E-state index contributed by atoms with van der Waals surface area (Å²) in [5, 5.41) is 16.9. The quantitative estimate of drug-likeness (QED) is 0.106. The Bertz CT molecular complexity index is 1930. The van der Waals surface area contributed by atoms with Crippen LogP contribution in [0.25, 0.3) is 22.3 Å². The highest BCUT2D eigenvalue weighted by atomic mass is 35.5. The number of ether oxygens (including phenoxy) is 1. The monoisotopic (exact) mass is 612 g/mol. The number of fused-ring (bicyclic) bond motifs is 1. The summed E-state index contributed by atoms with van der Waals surface area (Å²) in [5.41, 5.74) is -0.909. The maximum atomic E-state index is 13.4. The Labute approximate surface area is 245 Å². The normalized spacial score (nSPS) is 11.7. The van der Waals surface area contributed by atoms with Gasteiger partial charge >= 0.3 is 11.9 Å². The van der Waals surface area contributed by atoms with Crippen LogP contribution in [0, 0.1) is 10.1 Å². The molecule has 0 atom stereocenters. The molecular formula is C29H17Cl2F3N4O4. The molecule has 0 bridgehead atoms. The first kappa shape index (κ1) is 28.8. The highest BCUT2D eigenvalue weighted by Crippen LogP contribution is 2.32. The molecular weight excluding hydrogens is 596 g/mol. The molecule has 5 aromatic rings. The van der Waals surface area contributed by atoms with Crippen LogP contribution in [0.5, 0.6) is 5.75 Å². The van der Waals surface area contributed by atoms with Crippen LogP contribution in [-0.4, -0.2) is 20.8 Å². The summed E-state index contributed by atoms with van der Waals surface area (Å²) in [5.74, 6) is -0.187. The molecule has 0 aliphatic rings. The molecule has 42 heavy (non-hydrogen) atoms. The molecule has 0 aliphatic carbocycles. The average Bonchev–Trinajstić information content (AvgIpc) is 2.96. The third-order valence-electron chi connectivity index (χ3n) is 6.10. The van der Waals surface area contributed by atoms with Crippen LogP contribution in [0.3, 0.4) is 0 Å². The molecule has 0 N–H and O–H groups in total. The summed E-state index contributed by atoms with van der Waals surface area (Å²) in [6.07, 6.45) is -3.45. The highest BCUT2D eigenvalue weighted by Gasteiger charge is 2.31. The Kier molecular flexibility index (Phi) is 7.97. The van der Waals surface area contributed by atoms with Crippen LogP contribution in [0.1, 0.15) is 16.7 Å². The van der Waals surface area contributed by atoms with Gasteiger partial charge in [-0.3, -0.25) is 14.9 Å². The van der Waals surface area contributed by atoms with Crippen molar-refractivity contribution in [1.82, 2.24) is 9.66 Å². The molecule has 4 aromatic carbocycles. The number of nitro benzene ring substituents is 1. The van der Waals surface area contributed by atoms with E-state index in [2.05, 4.69) is 10.1 Å². The van der Waals surface area contributed by atoms with Crippen molar-refractivity contribution in [3.8, 4) is 17.1 Å². The second kappa shape index (κ2) is 11.6. The molecule has 0 spiro atoms. The number of alkyl halides is 3. The zero-order chi connectivity index (χ0) is 30.0. The Morgan fingerprint density at radius 2 is 1.79 bits per heavy atom. The van der Waals surface area contributed by atoms with Gasteiger partial charge in [0, 0.05) is 32.8 Å². The molecule has 1 heterocycles. The predicted octanol–water partition coefficient (Wildman–Crippen LogP) is 7.76. The molecule has 0 unspecified atom stereocenters. The van der Waals surface area contributed by atoms with Gasteiger partial charge in [0.05, 0.1) is 27.6 Å². The van der Waals surface area contributed by atoms with Crippen LogP contribution in [0.15, 0.2) is 94.8 Å². The molecule has 5 rings (SSSR count). The third kappa shape index (κ3) is 6.12. The maximum Gasteiger partial charge on any atom is 0.416 e. The molecule has 0 amide bonds. The molecule has 0 fully saturated rings. The number of nitrogens with zero attached hydrogens (tertiary/aromatic N) is 4. The van der Waals surface area contributed by atoms with Gasteiger partial charge in [-0.1, -0.05) is 53.5 Å².